The number of rotatable bonds is 4. The van der Waals surface area contributed by atoms with Crippen molar-refractivity contribution in [3.63, 3.8) is 0 Å². The maximum Gasteiger partial charge on any atom is 0.157 e. The second kappa shape index (κ2) is 5.26. The van der Waals surface area contributed by atoms with Gasteiger partial charge in [0.1, 0.15) is 18.1 Å². The Hall–Kier alpha value is -2.47. The Balaban J connectivity index is 2.17. The molecule has 0 saturated heterocycles. The summed E-state index contributed by atoms with van der Waals surface area (Å²) in [4.78, 5) is 13.2. The van der Waals surface area contributed by atoms with Gasteiger partial charge in [0.25, 0.3) is 0 Å². The molecule has 0 amide bonds. The highest BCUT2D eigenvalue weighted by Gasteiger charge is 2.09. The first-order chi connectivity index (χ1) is 9.81. The Labute approximate surface area is 116 Å². The molecule has 0 fully saturated rings. The molecule has 0 bridgehead atoms. The van der Waals surface area contributed by atoms with Crippen LogP contribution in [0.4, 0.5) is 5.82 Å². The third-order valence-corrected chi connectivity index (χ3v) is 2.99. The summed E-state index contributed by atoms with van der Waals surface area (Å²) in [6, 6.07) is 7.84. The van der Waals surface area contributed by atoms with Gasteiger partial charge in [0.05, 0.1) is 11.4 Å². The number of nitrogens with zero attached hydrogens (tertiary/aromatic N) is 4. The minimum Gasteiger partial charge on any atom is -0.377 e. The van der Waals surface area contributed by atoms with Gasteiger partial charge in [0.15, 0.2) is 5.82 Å². The Kier molecular flexibility index (Phi) is 3.30. The largest absolute Gasteiger partial charge is 0.377 e. The first-order valence-electron chi connectivity index (χ1n) is 6.29. The molecule has 3 rings (SSSR count). The molecule has 0 aliphatic carbocycles. The summed E-state index contributed by atoms with van der Waals surface area (Å²) in [5.74, 6) is 1.41. The van der Waals surface area contributed by atoms with E-state index in [9.17, 15) is 0 Å². The molecule has 6 nitrogen and oxygen atoms in total. The zero-order valence-electron chi connectivity index (χ0n) is 11.4. The van der Waals surface area contributed by atoms with E-state index in [1.165, 1.54) is 0 Å². The number of pyridine rings is 1. The number of imidazole rings is 1. The van der Waals surface area contributed by atoms with Gasteiger partial charge in [-0.15, -0.1) is 0 Å². The lowest BCUT2D eigenvalue weighted by molar-refractivity contribution is 0.178. The van der Waals surface area contributed by atoms with Gasteiger partial charge in [0.2, 0.25) is 0 Å². The summed E-state index contributed by atoms with van der Waals surface area (Å²) < 4.78 is 7.12. The fourth-order valence-corrected chi connectivity index (χ4v) is 2.11. The SMILES string of the molecule is CNc1cc(-c2cccc3nccn23)nc(COC)n1. The molecule has 3 aromatic rings. The molecule has 20 heavy (non-hydrogen) atoms. The fourth-order valence-electron chi connectivity index (χ4n) is 2.11. The quantitative estimate of drug-likeness (QED) is 0.784. The van der Waals surface area contributed by atoms with Crippen molar-refractivity contribution in [1.82, 2.24) is 19.4 Å². The molecule has 0 saturated carbocycles. The van der Waals surface area contributed by atoms with E-state index >= 15 is 0 Å². The van der Waals surface area contributed by atoms with Gasteiger partial charge in [-0.1, -0.05) is 6.07 Å². The molecule has 0 unspecified atom stereocenters. The standard InChI is InChI=1S/C14H15N5O/c1-15-12-8-10(17-13(18-12)9-20-2)11-4-3-5-14-16-6-7-19(11)14/h3-8H,9H2,1-2H3,(H,15,17,18). The number of aromatic nitrogens is 4. The van der Waals surface area contributed by atoms with Crippen LogP contribution >= 0.6 is 0 Å². The van der Waals surface area contributed by atoms with E-state index < -0.39 is 0 Å². The summed E-state index contributed by atoms with van der Waals surface area (Å²) in [5, 5.41) is 3.05. The van der Waals surface area contributed by atoms with Crippen LogP contribution in [0.1, 0.15) is 5.82 Å². The van der Waals surface area contributed by atoms with E-state index in [-0.39, 0.29) is 0 Å². The average Bonchev–Trinajstić information content (AvgIpc) is 2.95. The molecule has 0 spiro atoms. The van der Waals surface area contributed by atoms with Gasteiger partial charge in [-0.25, -0.2) is 15.0 Å². The van der Waals surface area contributed by atoms with Crippen LogP contribution in [0.5, 0.6) is 0 Å². The van der Waals surface area contributed by atoms with E-state index in [2.05, 4.69) is 20.3 Å². The number of fused-ring (bicyclic) bond motifs is 1. The highest BCUT2D eigenvalue weighted by molar-refractivity contribution is 5.62. The minimum atomic E-state index is 0.377. The van der Waals surface area contributed by atoms with Crippen LogP contribution in [0.15, 0.2) is 36.7 Å². The number of nitrogens with one attached hydrogen (secondary N) is 1. The van der Waals surface area contributed by atoms with E-state index in [4.69, 9.17) is 4.74 Å². The number of methoxy groups -OCH3 is 1. The molecule has 0 atom stereocenters. The monoisotopic (exact) mass is 269 g/mol. The van der Waals surface area contributed by atoms with Gasteiger partial charge in [-0.3, -0.25) is 4.40 Å². The van der Waals surface area contributed by atoms with Crippen LogP contribution in [0, 0.1) is 0 Å². The Morgan fingerprint density at radius 2 is 2.20 bits per heavy atom. The van der Waals surface area contributed by atoms with Crippen molar-refractivity contribution in [3.05, 3.63) is 42.5 Å². The van der Waals surface area contributed by atoms with E-state index in [1.54, 1.807) is 13.3 Å². The fraction of sp³-hybridized carbons (Fsp3) is 0.214. The average molecular weight is 269 g/mol. The molecule has 0 radical (unpaired) electrons. The Morgan fingerprint density at radius 1 is 1.30 bits per heavy atom. The molecule has 3 heterocycles. The number of hydrogen-bond donors (Lipinski definition) is 1. The van der Waals surface area contributed by atoms with Crippen molar-refractivity contribution in [3.8, 4) is 11.4 Å². The van der Waals surface area contributed by atoms with Crippen LogP contribution in [-0.2, 0) is 11.3 Å². The molecular weight excluding hydrogens is 254 g/mol. The lowest BCUT2D eigenvalue weighted by Crippen LogP contribution is -2.04. The smallest absolute Gasteiger partial charge is 0.157 e. The molecule has 102 valence electrons. The first-order valence-corrected chi connectivity index (χ1v) is 6.29. The molecular formula is C14H15N5O. The van der Waals surface area contributed by atoms with Crippen molar-refractivity contribution in [2.24, 2.45) is 0 Å². The van der Waals surface area contributed by atoms with Gasteiger partial charge in [-0.2, -0.15) is 0 Å². The number of hydrogen-bond acceptors (Lipinski definition) is 5. The summed E-state index contributed by atoms with van der Waals surface area (Å²) in [6.07, 6.45) is 3.69. The van der Waals surface area contributed by atoms with Crippen LogP contribution in [-0.4, -0.2) is 33.5 Å². The molecule has 1 N–H and O–H groups in total. The van der Waals surface area contributed by atoms with Crippen LogP contribution < -0.4 is 5.32 Å². The predicted molar refractivity (Wildman–Crippen MR) is 76.5 cm³/mol. The topological polar surface area (TPSA) is 64.3 Å². The maximum absolute atomic E-state index is 5.12. The zero-order chi connectivity index (χ0) is 13.9. The Morgan fingerprint density at radius 3 is 3.00 bits per heavy atom. The Bertz CT molecular complexity index is 737. The third-order valence-electron chi connectivity index (χ3n) is 2.99. The highest BCUT2D eigenvalue weighted by atomic mass is 16.5. The highest BCUT2D eigenvalue weighted by Crippen LogP contribution is 2.21. The van der Waals surface area contributed by atoms with Crippen molar-refractivity contribution in [2.45, 2.75) is 6.61 Å². The van der Waals surface area contributed by atoms with Crippen molar-refractivity contribution >= 4 is 11.5 Å². The third kappa shape index (κ3) is 2.21. The van der Waals surface area contributed by atoms with Gasteiger partial charge >= 0.3 is 0 Å². The van der Waals surface area contributed by atoms with Crippen molar-refractivity contribution in [2.75, 3.05) is 19.5 Å². The van der Waals surface area contributed by atoms with Crippen LogP contribution in [0.25, 0.3) is 17.0 Å². The van der Waals surface area contributed by atoms with E-state index in [0.717, 1.165) is 22.9 Å². The lowest BCUT2D eigenvalue weighted by atomic mass is 10.2. The first kappa shape index (κ1) is 12.6. The van der Waals surface area contributed by atoms with E-state index in [1.807, 2.05) is 41.9 Å². The molecule has 0 aliphatic heterocycles. The normalized spacial score (nSPS) is 10.9. The molecule has 3 aromatic heterocycles. The predicted octanol–water partition coefficient (Wildman–Crippen LogP) is 1.98. The minimum absolute atomic E-state index is 0.377. The summed E-state index contributed by atoms with van der Waals surface area (Å²) >= 11 is 0. The summed E-state index contributed by atoms with van der Waals surface area (Å²) in [6.45, 7) is 0.377. The van der Waals surface area contributed by atoms with Gasteiger partial charge in [-0.05, 0) is 12.1 Å². The molecule has 0 aromatic carbocycles. The lowest BCUT2D eigenvalue weighted by Gasteiger charge is -2.09. The van der Waals surface area contributed by atoms with Gasteiger partial charge in [0, 0.05) is 32.6 Å². The van der Waals surface area contributed by atoms with Gasteiger partial charge < -0.3 is 10.1 Å². The van der Waals surface area contributed by atoms with Crippen LogP contribution in [0.3, 0.4) is 0 Å². The van der Waals surface area contributed by atoms with Crippen molar-refractivity contribution < 1.29 is 4.74 Å². The molecule has 0 aliphatic rings. The summed E-state index contributed by atoms with van der Waals surface area (Å²) in [7, 11) is 3.46. The zero-order valence-corrected chi connectivity index (χ0v) is 11.4. The summed E-state index contributed by atoms with van der Waals surface area (Å²) in [5.41, 5.74) is 2.69. The second-order valence-corrected chi connectivity index (χ2v) is 4.30. The second-order valence-electron chi connectivity index (χ2n) is 4.30. The molecule has 6 heteroatoms. The number of ether oxygens (including phenoxy) is 1. The van der Waals surface area contributed by atoms with Crippen LogP contribution in [0.2, 0.25) is 0 Å². The van der Waals surface area contributed by atoms with E-state index in [0.29, 0.717) is 12.4 Å². The van der Waals surface area contributed by atoms with Crippen molar-refractivity contribution in [1.29, 1.82) is 0 Å². The maximum atomic E-state index is 5.12. The number of anilines is 1.